The topological polar surface area (TPSA) is 42.1 Å². The summed E-state index contributed by atoms with van der Waals surface area (Å²) < 4.78 is 38.1. The number of nitrogens with zero attached hydrogens (tertiary/aromatic N) is 1. The molecule has 0 aromatic heterocycles. The Bertz CT molecular complexity index is 601. The summed E-state index contributed by atoms with van der Waals surface area (Å²) in [5.41, 5.74) is -0.413. The Balaban J connectivity index is 1.87. The fourth-order valence-corrected chi connectivity index (χ4v) is 3.36. The summed E-state index contributed by atoms with van der Waals surface area (Å²) in [6, 6.07) is 2.95. The molecule has 2 radical (unpaired) electrons. The molecule has 0 spiro atoms. The average Bonchev–Trinajstić information content (AvgIpc) is 3.14. The lowest BCUT2D eigenvalue weighted by atomic mass is 9.94. The lowest BCUT2D eigenvalue weighted by Crippen LogP contribution is -2.48. The van der Waals surface area contributed by atoms with Crippen molar-refractivity contribution in [2.45, 2.75) is 50.7 Å². The zero-order chi connectivity index (χ0) is 16.8. The minimum Gasteiger partial charge on any atom is -0.373 e. The quantitative estimate of drug-likeness (QED) is 0.632. The van der Waals surface area contributed by atoms with Crippen LogP contribution in [0.1, 0.15) is 25.8 Å². The number of ether oxygens (including phenoxy) is 2. The van der Waals surface area contributed by atoms with Crippen molar-refractivity contribution >= 4 is 13.7 Å². The zero-order valence-electron chi connectivity index (χ0n) is 13.1. The first-order chi connectivity index (χ1) is 10.8. The Labute approximate surface area is 135 Å². The number of halogens is 2. The molecule has 2 fully saturated rings. The van der Waals surface area contributed by atoms with Gasteiger partial charge in [-0.05, 0) is 38.0 Å². The van der Waals surface area contributed by atoms with Gasteiger partial charge in [0.25, 0.3) is 0 Å². The van der Waals surface area contributed by atoms with Gasteiger partial charge in [-0.1, -0.05) is 0 Å². The zero-order valence-corrected chi connectivity index (χ0v) is 13.1. The van der Waals surface area contributed by atoms with Gasteiger partial charge in [0.1, 0.15) is 17.4 Å². The third kappa shape index (κ3) is 3.56. The van der Waals surface area contributed by atoms with Gasteiger partial charge < -0.3 is 14.4 Å². The molecule has 122 valence electrons. The highest BCUT2D eigenvalue weighted by molar-refractivity contribution is 6.57. The van der Waals surface area contributed by atoms with E-state index in [1.165, 1.54) is 17.0 Å². The summed E-state index contributed by atoms with van der Waals surface area (Å²) >= 11 is 0. The van der Waals surface area contributed by atoms with Crippen molar-refractivity contribution in [1.82, 2.24) is 4.90 Å². The van der Waals surface area contributed by atoms with Crippen LogP contribution in [0.3, 0.4) is 0 Å². The fourth-order valence-electron chi connectivity index (χ4n) is 3.36. The van der Waals surface area contributed by atoms with Crippen LogP contribution in [0, 0.1) is 11.6 Å². The SMILES string of the molecule is [B]C(=O)N1[C@@H](Cc2cc(F)cc(F)c2)[C@@H](C[C@H]2CO2)OC1(C)C. The van der Waals surface area contributed by atoms with Gasteiger partial charge in [0.15, 0.2) is 5.81 Å². The maximum atomic E-state index is 13.4. The van der Waals surface area contributed by atoms with E-state index in [9.17, 15) is 13.6 Å². The molecule has 1 aromatic carbocycles. The smallest absolute Gasteiger partial charge is 0.200 e. The molecular weight excluding hydrogens is 303 g/mol. The molecule has 2 saturated heterocycles. The fraction of sp³-hybridized carbons (Fsp3) is 0.562. The van der Waals surface area contributed by atoms with Crippen LogP contribution in [0.4, 0.5) is 13.6 Å². The molecule has 3 rings (SSSR count). The molecular formula is C16H18BF2NO3. The highest BCUT2D eigenvalue weighted by Gasteiger charge is 2.49. The van der Waals surface area contributed by atoms with Gasteiger partial charge in [0, 0.05) is 12.5 Å². The summed E-state index contributed by atoms with van der Waals surface area (Å²) in [6.07, 6.45) is 0.695. The van der Waals surface area contributed by atoms with E-state index in [1.54, 1.807) is 13.8 Å². The van der Waals surface area contributed by atoms with E-state index >= 15 is 0 Å². The maximum Gasteiger partial charge on any atom is 0.200 e. The number of amides is 1. The molecule has 3 atom stereocenters. The van der Waals surface area contributed by atoms with Crippen molar-refractivity contribution < 1.29 is 23.0 Å². The Morgan fingerprint density at radius 2 is 1.96 bits per heavy atom. The predicted molar refractivity (Wildman–Crippen MR) is 80.1 cm³/mol. The molecule has 0 aliphatic carbocycles. The van der Waals surface area contributed by atoms with Gasteiger partial charge in [-0.25, -0.2) is 8.78 Å². The van der Waals surface area contributed by atoms with Crippen LogP contribution in [-0.4, -0.2) is 49.1 Å². The summed E-state index contributed by atoms with van der Waals surface area (Å²) in [5.74, 6) is -1.91. The molecule has 7 heteroatoms. The predicted octanol–water partition coefficient (Wildman–Crippen LogP) is 2.39. The van der Waals surface area contributed by atoms with Gasteiger partial charge in [0.05, 0.1) is 24.9 Å². The molecule has 2 aliphatic rings. The number of epoxide rings is 1. The summed E-state index contributed by atoms with van der Waals surface area (Å²) in [5, 5.41) is 0. The highest BCUT2D eigenvalue weighted by atomic mass is 19.1. The van der Waals surface area contributed by atoms with Crippen LogP contribution < -0.4 is 0 Å². The second kappa shape index (κ2) is 5.87. The van der Waals surface area contributed by atoms with E-state index in [0.717, 1.165) is 6.07 Å². The number of carbonyl (C=O) groups is 1. The normalized spacial score (nSPS) is 28.9. The molecule has 4 nitrogen and oxygen atoms in total. The van der Waals surface area contributed by atoms with Crippen molar-refractivity contribution in [3.63, 3.8) is 0 Å². The van der Waals surface area contributed by atoms with Gasteiger partial charge in [0.2, 0.25) is 7.85 Å². The lowest BCUT2D eigenvalue weighted by molar-refractivity contribution is -0.0606. The van der Waals surface area contributed by atoms with Crippen molar-refractivity contribution in [2.75, 3.05) is 6.61 Å². The highest BCUT2D eigenvalue weighted by Crippen LogP contribution is 2.37. The van der Waals surface area contributed by atoms with Gasteiger partial charge >= 0.3 is 0 Å². The van der Waals surface area contributed by atoms with Crippen LogP contribution >= 0.6 is 0 Å². The van der Waals surface area contributed by atoms with E-state index in [1.807, 2.05) is 0 Å². The van der Waals surface area contributed by atoms with Gasteiger partial charge in [-0.3, -0.25) is 4.79 Å². The third-order valence-electron chi connectivity index (χ3n) is 4.28. The minimum atomic E-state index is -0.873. The lowest BCUT2D eigenvalue weighted by Gasteiger charge is -2.33. The first kappa shape index (κ1) is 16.4. The number of hydrogen-bond acceptors (Lipinski definition) is 3. The molecule has 2 heterocycles. The van der Waals surface area contributed by atoms with Crippen molar-refractivity contribution in [3.8, 4) is 0 Å². The minimum absolute atomic E-state index is 0.107. The molecule has 0 unspecified atom stereocenters. The number of hydrogen-bond donors (Lipinski definition) is 0. The van der Waals surface area contributed by atoms with Gasteiger partial charge in [-0.2, -0.15) is 0 Å². The Kier molecular flexibility index (Phi) is 4.18. The number of benzene rings is 1. The summed E-state index contributed by atoms with van der Waals surface area (Å²) in [4.78, 5) is 13.3. The monoisotopic (exact) mass is 321 g/mol. The molecule has 1 amide bonds. The van der Waals surface area contributed by atoms with Crippen LogP contribution in [0.2, 0.25) is 0 Å². The van der Waals surface area contributed by atoms with E-state index in [4.69, 9.17) is 17.3 Å². The average molecular weight is 321 g/mol. The first-order valence-corrected chi connectivity index (χ1v) is 7.59. The van der Waals surface area contributed by atoms with E-state index in [-0.39, 0.29) is 18.6 Å². The standard InChI is InChI=1S/C16H18BF2NO3/c1-16(2)20(15(17)21)13(14(23-16)7-12-8-22-12)5-9-3-10(18)6-11(19)4-9/h3-4,6,12-14H,5,7-8H2,1-2H3/t12-,13-,14+/m0/s1. The second-order valence-electron chi connectivity index (χ2n) is 6.55. The van der Waals surface area contributed by atoms with E-state index in [2.05, 4.69) is 0 Å². The van der Waals surface area contributed by atoms with Crippen LogP contribution in [0.15, 0.2) is 18.2 Å². The van der Waals surface area contributed by atoms with Crippen LogP contribution in [-0.2, 0) is 15.9 Å². The van der Waals surface area contributed by atoms with Crippen molar-refractivity contribution in [3.05, 3.63) is 35.4 Å². The van der Waals surface area contributed by atoms with Crippen LogP contribution in [0.25, 0.3) is 0 Å². The molecule has 23 heavy (non-hydrogen) atoms. The summed E-state index contributed by atoms with van der Waals surface area (Å²) in [6.45, 7) is 4.17. The number of carbonyl (C=O) groups excluding carboxylic acids is 1. The van der Waals surface area contributed by atoms with Crippen LogP contribution in [0.5, 0.6) is 0 Å². The summed E-state index contributed by atoms with van der Waals surface area (Å²) in [7, 11) is 5.51. The Morgan fingerprint density at radius 3 is 2.48 bits per heavy atom. The first-order valence-electron chi connectivity index (χ1n) is 7.59. The van der Waals surface area contributed by atoms with E-state index in [0.29, 0.717) is 18.6 Å². The van der Waals surface area contributed by atoms with Crippen molar-refractivity contribution in [2.24, 2.45) is 0 Å². The van der Waals surface area contributed by atoms with Crippen molar-refractivity contribution in [1.29, 1.82) is 0 Å². The number of rotatable bonds is 4. The second-order valence-corrected chi connectivity index (χ2v) is 6.55. The Hall–Kier alpha value is -1.47. The molecule has 2 aliphatic heterocycles. The maximum absolute atomic E-state index is 13.4. The van der Waals surface area contributed by atoms with Gasteiger partial charge in [-0.15, -0.1) is 0 Å². The molecule has 1 aromatic rings. The molecule has 0 N–H and O–H groups in total. The third-order valence-corrected chi connectivity index (χ3v) is 4.28. The Morgan fingerprint density at radius 1 is 1.35 bits per heavy atom. The molecule has 0 bridgehead atoms. The van der Waals surface area contributed by atoms with E-state index < -0.39 is 29.2 Å². The largest absolute Gasteiger partial charge is 0.373 e. The molecule has 0 saturated carbocycles.